The first-order valence-electron chi connectivity index (χ1n) is 6.75. The molecular weight excluding hydrogens is 200 g/mol. The number of hydrogen-bond donors (Lipinski definition) is 0. The second-order valence-corrected chi connectivity index (χ2v) is 5.39. The SMILES string of the molecule is CCOC1(OCC)C[C@@H]2C[C@H]1[C@H]1C=CC[C@H]21. The third-order valence-corrected chi connectivity index (χ3v) is 4.78. The van der Waals surface area contributed by atoms with Crippen LogP contribution in [0.4, 0.5) is 0 Å². The van der Waals surface area contributed by atoms with E-state index in [0.29, 0.717) is 5.92 Å². The van der Waals surface area contributed by atoms with Gasteiger partial charge in [0.15, 0.2) is 5.79 Å². The quantitative estimate of drug-likeness (QED) is 0.538. The van der Waals surface area contributed by atoms with Crippen LogP contribution < -0.4 is 0 Å². The Morgan fingerprint density at radius 2 is 2.00 bits per heavy atom. The van der Waals surface area contributed by atoms with E-state index in [1.165, 1.54) is 12.8 Å². The van der Waals surface area contributed by atoms with Crippen molar-refractivity contribution in [3.05, 3.63) is 12.2 Å². The van der Waals surface area contributed by atoms with E-state index in [-0.39, 0.29) is 5.79 Å². The average Bonchev–Trinajstić information content (AvgIpc) is 2.87. The van der Waals surface area contributed by atoms with Crippen LogP contribution >= 0.6 is 0 Å². The molecule has 2 saturated carbocycles. The summed E-state index contributed by atoms with van der Waals surface area (Å²) in [5.74, 6) is 2.84. The van der Waals surface area contributed by atoms with Crippen LogP contribution in [-0.4, -0.2) is 19.0 Å². The first-order valence-corrected chi connectivity index (χ1v) is 6.75. The Kier molecular flexibility index (Phi) is 2.60. The molecule has 3 rings (SSSR count). The minimum atomic E-state index is -0.246. The molecule has 90 valence electrons. The number of hydrogen-bond acceptors (Lipinski definition) is 2. The molecule has 0 amide bonds. The van der Waals surface area contributed by atoms with Gasteiger partial charge < -0.3 is 9.47 Å². The highest BCUT2D eigenvalue weighted by Gasteiger charge is 2.61. The number of allylic oxidation sites excluding steroid dienone is 2. The minimum absolute atomic E-state index is 0.246. The molecular formula is C14H22O2. The van der Waals surface area contributed by atoms with Crippen molar-refractivity contribution in [3.8, 4) is 0 Å². The molecule has 0 heterocycles. The Bertz CT molecular complexity index is 291. The smallest absolute Gasteiger partial charge is 0.171 e. The summed E-state index contributed by atoms with van der Waals surface area (Å²) in [5, 5.41) is 0. The molecule has 4 atom stereocenters. The van der Waals surface area contributed by atoms with Crippen molar-refractivity contribution in [2.75, 3.05) is 13.2 Å². The van der Waals surface area contributed by atoms with Crippen molar-refractivity contribution in [1.29, 1.82) is 0 Å². The minimum Gasteiger partial charge on any atom is -0.350 e. The van der Waals surface area contributed by atoms with Crippen molar-refractivity contribution in [1.82, 2.24) is 0 Å². The van der Waals surface area contributed by atoms with Crippen LogP contribution in [0.3, 0.4) is 0 Å². The molecule has 0 aromatic heterocycles. The van der Waals surface area contributed by atoms with Crippen LogP contribution in [0.2, 0.25) is 0 Å². The topological polar surface area (TPSA) is 18.5 Å². The number of rotatable bonds is 4. The summed E-state index contributed by atoms with van der Waals surface area (Å²) in [7, 11) is 0. The van der Waals surface area contributed by atoms with Gasteiger partial charge in [-0.1, -0.05) is 12.2 Å². The first kappa shape index (κ1) is 10.8. The van der Waals surface area contributed by atoms with Crippen LogP contribution in [0.1, 0.15) is 33.1 Å². The highest BCUT2D eigenvalue weighted by atomic mass is 16.7. The molecule has 0 radical (unpaired) electrons. The fourth-order valence-corrected chi connectivity index (χ4v) is 4.38. The zero-order chi connectivity index (χ0) is 11.2. The molecule has 0 spiro atoms. The monoisotopic (exact) mass is 222 g/mol. The molecule has 2 bridgehead atoms. The van der Waals surface area contributed by atoms with Gasteiger partial charge >= 0.3 is 0 Å². The second-order valence-electron chi connectivity index (χ2n) is 5.39. The van der Waals surface area contributed by atoms with Crippen LogP contribution in [-0.2, 0) is 9.47 Å². The Morgan fingerprint density at radius 3 is 2.69 bits per heavy atom. The molecule has 2 nitrogen and oxygen atoms in total. The lowest BCUT2D eigenvalue weighted by atomic mass is 9.78. The molecule has 3 aliphatic rings. The van der Waals surface area contributed by atoms with Crippen molar-refractivity contribution in [3.63, 3.8) is 0 Å². The van der Waals surface area contributed by atoms with Gasteiger partial charge in [0, 0.05) is 25.6 Å². The zero-order valence-electron chi connectivity index (χ0n) is 10.3. The fraction of sp³-hybridized carbons (Fsp3) is 0.857. The van der Waals surface area contributed by atoms with E-state index in [2.05, 4.69) is 26.0 Å². The Morgan fingerprint density at radius 1 is 1.25 bits per heavy atom. The fourth-order valence-electron chi connectivity index (χ4n) is 4.38. The lowest BCUT2D eigenvalue weighted by molar-refractivity contribution is -0.268. The molecule has 0 aromatic rings. The molecule has 0 aliphatic heterocycles. The lowest BCUT2D eigenvalue weighted by Gasteiger charge is -2.41. The zero-order valence-corrected chi connectivity index (χ0v) is 10.3. The summed E-state index contributed by atoms with van der Waals surface area (Å²) in [6.07, 6.45) is 8.52. The first-order chi connectivity index (χ1) is 7.80. The standard InChI is InChI=1S/C14H22O2/c1-3-15-14(16-4-2)9-10-8-13(14)12-7-5-6-11(10)12/h5,7,10-13H,3-4,6,8-9H2,1-2H3/t10-,11+,12-,13-/m0/s1. The Hall–Kier alpha value is -0.340. The predicted molar refractivity (Wildman–Crippen MR) is 62.9 cm³/mol. The molecule has 0 saturated heterocycles. The summed E-state index contributed by atoms with van der Waals surface area (Å²) in [6, 6.07) is 0. The van der Waals surface area contributed by atoms with Gasteiger partial charge in [0.2, 0.25) is 0 Å². The van der Waals surface area contributed by atoms with Gasteiger partial charge in [0.05, 0.1) is 0 Å². The summed E-state index contributed by atoms with van der Waals surface area (Å²) >= 11 is 0. The maximum Gasteiger partial charge on any atom is 0.171 e. The summed E-state index contributed by atoms with van der Waals surface area (Å²) < 4.78 is 12.0. The van der Waals surface area contributed by atoms with Crippen LogP contribution in [0.15, 0.2) is 12.2 Å². The van der Waals surface area contributed by atoms with Gasteiger partial charge in [-0.15, -0.1) is 0 Å². The van der Waals surface area contributed by atoms with E-state index in [1.54, 1.807) is 0 Å². The van der Waals surface area contributed by atoms with Crippen molar-refractivity contribution < 1.29 is 9.47 Å². The highest BCUT2D eigenvalue weighted by molar-refractivity contribution is 5.16. The molecule has 0 N–H and O–H groups in total. The Labute approximate surface area is 98.0 Å². The maximum absolute atomic E-state index is 6.02. The van der Waals surface area contributed by atoms with Gasteiger partial charge in [-0.05, 0) is 44.4 Å². The van der Waals surface area contributed by atoms with Crippen molar-refractivity contribution in [2.45, 2.75) is 38.9 Å². The van der Waals surface area contributed by atoms with Gasteiger partial charge in [-0.2, -0.15) is 0 Å². The molecule has 0 unspecified atom stereocenters. The molecule has 2 heteroatoms. The van der Waals surface area contributed by atoms with E-state index >= 15 is 0 Å². The van der Waals surface area contributed by atoms with E-state index < -0.39 is 0 Å². The van der Waals surface area contributed by atoms with E-state index in [9.17, 15) is 0 Å². The third kappa shape index (κ3) is 1.32. The normalized spacial score (nSPS) is 42.9. The summed E-state index contributed by atoms with van der Waals surface area (Å²) in [4.78, 5) is 0. The van der Waals surface area contributed by atoms with E-state index in [4.69, 9.17) is 9.47 Å². The molecule has 16 heavy (non-hydrogen) atoms. The summed E-state index contributed by atoms with van der Waals surface area (Å²) in [5.41, 5.74) is 0. The lowest BCUT2D eigenvalue weighted by Crippen LogP contribution is -2.46. The van der Waals surface area contributed by atoms with Crippen molar-refractivity contribution in [2.24, 2.45) is 23.7 Å². The maximum atomic E-state index is 6.02. The average molecular weight is 222 g/mol. The molecule has 0 aromatic carbocycles. The number of ether oxygens (including phenoxy) is 2. The third-order valence-electron chi connectivity index (χ3n) is 4.78. The van der Waals surface area contributed by atoms with E-state index in [0.717, 1.165) is 37.4 Å². The van der Waals surface area contributed by atoms with Crippen LogP contribution in [0.5, 0.6) is 0 Å². The largest absolute Gasteiger partial charge is 0.350 e. The molecule has 3 aliphatic carbocycles. The van der Waals surface area contributed by atoms with E-state index in [1.807, 2.05) is 0 Å². The van der Waals surface area contributed by atoms with Crippen molar-refractivity contribution >= 4 is 0 Å². The van der Waals surface area contributed by atoms with Gasteiger partial charge in [0.25, 0.3) is 0 Å². The second kappa shape index (κ2) is 3.85. The summed E-state index contributed by atoms with van der Waals surface area (Å²) in [6.45, 7) is 5.69. The molecule has 2 fully saturated rings. The Balaban J connectivity index is 1.84. The van der Waals surface area contributed by atoms with Gasteiger partial charge in [-0.3, -0.25) is 0 Å². The van der Waals surface area contributed by atoms with Gasteiger partial charge in [0.1, 0.15) is 0 Å². The van der Waals surface area contributed by atoms with Crippen LogP contribution in [0, 0.1) is 23.7 Å². The number of fused-ring (bicyclic) bond motifs is 5. The predicted octanol–water partition coefficient (Wildman–Crippen LogP) is 2.99. The highest BCUT2D eigenvalue weighted by Crippen LogP contribution is 2.61. The van der Waals surface area contributed by atoms with Gasteiger partial charge in [-0.25, -0.2) is 0 Å². The van der Waals surface area contributed by atoms with Crippen LogP contribution in [0.25, 0.3) is 0 Å².